The third-order valence-corrected chi connectivity index (χ3v) is 3.47. The Morgan fingerprint density at radius 1 is 1.50 bits per heavy atom. The highest BCUT2D eigenvalue weighted by Gasteiger charge is 2.35. The van der Waals surface area contributed by atoms with Crippen molar-refractivity contribution in [3.05, 3.63) is 28.8 Å². The van der Waals surface area contributed by atoms with Crippen LogP contribution in [0.3, 0.4) is 0 Å². The molecule has 16 heavy (non-hydrogen) atoms. The number of phenols is 1. The van der Waals surface area contributed by atoms with Gasteiger partial charge < -0.3 is 10.4 Å². The minimum atomic E-state index is 0.153. The van der Waals surface area contributed by atoms with Gasteiger partial charge in [0.1, 0.15) is 5.75 Å². The Labute approximate surface area is 102 Å². The molecule has 0 heterocycles. The molecule has 0 aliphatic heterocycles. The molecule has 1 saturated carbocycles. The van der Waals surface area contributed by atoms with Crippen molar-refractivity contribution in [2.75, 3.05) is 0 Å². The number of rotatable bonds is 5. The second kappa shape index (κ2) is 5.07. The first kappa shape index (κ1) is 11.7. The fourth-order valence-corrected chi connectivity index (χ4v) is 2.30. The lowest BCUT2D eigenvalue weighted by Gasteiger charge is -2.05. The van der Waals surface area contributed by atoms with Gasteiger partial charge in [0.25, 0.3) is 0 Å². The van der Waals surface area contributed by atoms with Crippen LogP contribution in [0.2, 0.25) is 5.02 Å². The van der Waals surface area contributed by atoms with E-state index in [2.05, 4.69) is 12.2 Å². The largest absolute Gasteiger partial charge is 0.506 e. The first-order valence-electron chi connectivity index (χ1n) is 5.91. The van der Waals surface area contributed by atoms with E-state index >= 15 is 0 Å². The Bertz CT molecular complexity index is 367. The van der Waals surface area contributed by atoms with Crippen LogP contribution >= 0.6 is 11.6 Å². The second-order valence-electron chi connectivity index (χ2n) is 4.56. The summed E-state index contributed by atoms with van der Waals surface area (Å²) in [7, 11) is 0. The van der Waals surface area contributed by atoms with Crippen LogP contribution in [-0.4, -0.2) is 11.1 Å². The summed E-state index contributed by atoms with van der Waals surface area (Å²) in [5.41, 5.74) is 1.13. The maximum atomic E-state index is 9.29. The van der Waals surface area contributed by atoms with E-state index in [-0.39, 0.29) is 5.75 Å². The van der Waals surface area contributed by atoms with Crippen molar-refractivity contribution in [1.29, 1.82) is 0 Å². The van der Waals surface area contributed by atoms with E-state index in [1.54, 1.807) is 6.07 Å². The zero-order valence-electron chi connectivity index (χ0n) is 9.54. The first-order chi connectivity index (χ1) is 7.70. The number of phenolic OH excluding ortho intramolecular Hbond substituents is 1. The summed E-state index contributed by atoms with van der Waals surface area (Å²) in [5, 5.41) is 13.2. The van der Waals surface area contributed by atoms with Gasteiger partial charge in [0.15, 0.2) is 0 Å². The standard InChI is InChI=1S/C13H18ClNO/c1-2-3-10-7-12(10)15-8-9-4-5-13(16)11(14)6-9/h4-6,10,12,15-16H,2-3,7-8H2,1H3. The highest BCUT2D eigenvalue weighted by molar-refractivity contribution is 6.32. The minimum absolute atomic E-state index is 0.153. The average Bonchev–Trinajstić information content (AvgIpc) is 2.99. The van der Waals surface area contributed by atoms with Gasteiger partial charge in [0.05, 0.1) is 5.02 Å². The number of hydrogen-bond donors (Lipinski definition) is 2. The van der Waals surface area contributed by atoms with Crippen molar-refractivity contribution < 1.29 is 5.11 Å². The van der Waals surface area contributed by atoms with E-state index in [0.29, 0.717) is 11.1 Å². The Morgan fingerprint density at radius 3 is 3.00 bits per heavy atom. The second-order valence-corrected chi connectivity index (χ2v) is 4.96. The molecule has 1 aromatic rings. The molecule has 0 saturated heterocycles. The van der Waals surface area contributed by atoms with Crippen molar-refractivity contribution in [2.24, 2.45) is 5.92 Å². The van der Waals surface area contributed by atoms with Gasteiger partial charge in [-0.3, -0.25) is 0 Å². The molecule has 2 rings (SSSR count). The number of aromatic hydroxyl groups is 1. The van der Waals surface area contributed by atoms with Crippen LogP contribution in [0.1, 0.15) is 31.7 Å². The van der Waals surface area contributed by atoms with Gasteiger partial charge in [-0.25, -0.2) is 0 Å². The van der Waals surface area contributed by atoms with Crippen molar-refractivity contribution in [3.63, 3.8) is 0 Å². The maximum absolute atomic E-state index is 9.29. The molecule has 0 aromatic heterocycles. The zero-order valence-corrected chi connectivity index (χ0v) is 10.3. The molecule has 1 fully saturated rings. The van der Waals surface area contributed by atoms with Crippen molar-refractivity contribution in [3.8, 4) is 5.75 Å². The molecule has 1 aromatic carbocycles. The van der Waals surface area contributed by atoms with E-state index in [1.807, 2.05) is 12.1 Å². The highest BCUT2D eigenvalue weighted by Crippen LogP contribution is 2.34. The summed E-state index contributed by atoms with van der Waals surface area (Å²) in [5.74, 6) is 1.03. The predicted octanol–water partition coefficient (Wildman–Crippen LogP) is 3.32. The van der Waals surface area contributed by atoms with E-state index in [0.717, 1.165) is 18.0 Å². The van der Waals surface area contributed by atoms with Crippen LogP contribution in [0.15, 0.2) is 18.2 Å². The Kier molecular flexibility index (Phi) is 3.72. The average molecular weight is 240 g/mol. The van der Waals surface area contributed by atoms with Crippen LogP contribution < -0.4 is 5.32 Å². The van der Waals surface area contributed by atoms with Gasteiger partial charge in [-0.1, -0.05) is 31.0 Å². The molecule has 88 valence electrons. The van der Waals surface area contributed by atoms with Crippen LogP contribution in [0, 0.1) is 5.92 Å². The van der Waals surface area contributed by atoms with Gasteiger partial charge in [0, 0.05) is 12.6 Å². The maximum Gasteiger partial charge on any atom is 0.134 e. The third-order valence-electron chi connectivity index (χ3n) is 3.16. The van der Waals surface area contributed by atoms with Crippen LogP contribution in [0.25, 0.3) is 0 Å². The minimum Gasteiger partial charge on any atom is -0.506 e. The Morgan fingerprint density at radius 2 is 2.31 bits per heavy atom. The van der Waals surface area contributed by atoms with E-state index < -0.39 is 0 Å². The van der Waals surface area contributed by atoms with Crippen molar-refractivity contribution in [2.45, 2.75) is 38.8 Å². The monoisotopic (exact) mass is 239 g/mol. The lowest BCUT2D eigenvalue weighted by atomic mass is 10.2. The van der Waals surface area contributed by atoms with E-state index in [1.165, 1.54) is 19.3 Å². The molecule has 0 bridgehead atoms. The van der Waals surface area contributed by atoms with Gasteiger partial charge in [0.2, 0.25) is 0 Å². The fourth-order valence-electron chi connectivity index (χ4n) is 2.10. The molecule has 1 aliphatic carbocycles. The SMILES string of the molecule is CCCC1CC1NCc1ccc(O)c(Cl)c1. The molecule has 3 heteroatoms. The van der Waals surface area contributed by atoms with E-state index in [9.17, 15) is 5.11 Å². The summed E-state index contributed by atoms with van der Waals surface area (Å²) in [6, 6.07) is 6.06. The molecule has 0 spiro atoms. The summed E-state index contributed by atoms with van der Waals surface area (Å²) in [4.78, 5) is 0. The normalized spacial score (nSPS) is 23.4. The van der Waals surface area contributed by atoms with Crippen LogP contribution in [-0.2, 0) is 6.54 Å². The van der Waals surface area contributed by atoms with Crippen molar-refractivity contribution in [1.82, 2.24) is 5.32 Å². The smallest absolute Gasteiger partial charge is 0.134 e. The van der Waals surface area contributed by atoms with Crippen LogP contribution in [0.4, 0.5) is 0 Å². The van der Waals surface area contributed by atoms with Gasteiger partial charge in [-0.2, -0.15) is 0 Å². The first-order valence-corrected chi connectivity index (χ1v) is 6.29. The molecule has 2 nitrogen and oxygen atoms in total. The summed E-state index contributed by atoms with van der Waals surface area (Å²) in [6.07, 6.45) is 3.90. The third kappa shape index (κ3) is 2.89. The Balaban J connectivity index is 1.80. The molecule has 2 N–H and O–H groups in total. The van der Waals surface area contributed by atoms with Gasteiger partial charge in [-0.05, 0) is 36.5 Å². The van der Waals surface area contributed by atoms with Gasteiger partial charge in [-0.15, -0.1) is 0 Å². The molecule has 0 amide bonds. The lowest BCUT2D eigenvalue weighted by molar-refractivity contribution is 0.475. The quantitative estimate of drug-likeness (QED) is 0.826. The highest BCUT2D eigenvalue weighted by atomic mass is 35.5. The number of benzene rings is 1. The van der Waals surface area contributed by atoms with Gasteiger partial charge >= 0.3 is 0 Å². The molecule has 2 atom stereocenters. The summed E-state index contributed by atoms with van der Waals surface area (Å²) in [6.45, 7) is 3.07. The fraction of sp³-hybridized carbons (Fsp3) is 0.538. The predicted molar refractivity (Wildman–Crippen MR) is 66.8 cm³/mol. The molecule has 2 unspecified atom stereocenters. The molecular formula is C13H18ClNO. The summed E-state index contributed by atoms with van der Waals surface area (Å²) < 4.78 is 0. The molecule has 1 aliphatic rings. The lowest BCUT2D eigenvalue weighted by Crippen LogP contribution is -2.17. The van der Waals surface area contributed by atoms with Crippen LogP contribution in [0.5, 0.6) is 5.75 Å². The topological polar surface area (TPSA) is 32.3 Å². The Hall–Kier alpha value is -0.730. The number of nitrogens with one attached hydrogen (secondary N) is 1. The van der Waals surface area contributed by atoms with E-state index in [4.69, 9.17) is 11.6 Å². The number of hydrogen-bond acceptors (Lipinski definition) is 2. The molecule has 0 radical (unpaired) electrons. The van der Waals surface area contributed by atoms with Crippen molar-refractivity contribution >= 4 is 11.6 Å². The zero-order chi connectivity index (χ0) is 11.5. The number of halogens is 1. The molecular weight excluding hydrogens is 222 g/mol. The summed E-state index contributed by atoms with van der Waals surface area (Å²) >= 11 is 5.85.